The van der Waals surface area contributed by atoms with Crippen LogP contribution in [0, 0.1) is 5.41 Å². The van der Waals surface area contributed by atoms with Crippen molar-refractivity contribution < 1.29 is 9.90 Å². The highest BCUT2D eigenvalue weighted by atomic mass is 16.3. The van der Waals surface area contributed by atoms with E-state index in [1.54, 1.807) is 12.1 Å². The number of hydrogen-bond acceptors (Lipinski definition) is 4. The lowest BCUT2D eigenvalue weighted by Gasteiger charge is -2.37. The molecule has 2 heterocycles. The number of phenols is 1. The van der Waals surface area contributed by atoms with Crippen molar-refractivity contribution in [3.63, 3.8) is 0 Å². The molecule has 0 unspecified atom stereocenters. The van der Waals surface area contributed by atoms with Gasteiger partial charge < -0.3 is 15.3 Å². The fraction of sp³-hybridized carbons (Fsp3) is 0.667. The van der Waals surface area contributed by atoms with Crippen molar-refractivity contribution in [2.75, 3.05) is 39.8 Å². The number of rotatable bonds is 6. The number of carbonyl (C=O) groups is 1. The normalized spacial score (nSPS) is 23.4. The molecule has 1 aromatic carbocycles. The van der Waals surface area contributed by atoms with Crippen molar-refractivity contribution in [3.05, 3.63) is 29.8 Å². The Bertz CT molecular complexity index is 594. The number of benzene rings is 1. The molecular weight excluding hydrogens is 326 g/mol. The number of piperidine rings is 1. The third-order valence-corrected chi connectivity index (χ3v) is 6.12. The van der Waals surface area contributed by atoms with E-state index in [0.29, 0.717) is 12.0 Å². The minimum Gasteiger partial charge on any atom is -0.508 e. The lowest BCUT2D eigenvalue weighted by atomic mass is 9.76. The molecule has 1 spiro atoms. The van der Waals surface area contributed by atoms with E-state index in [4.69, 9.17) is 0 Å². The number of hydrogen-bond donors (Lipinski definition) is 2. The van der Waals surface area contributed by atoms with Crippen LogP contribution < -0.4 is 5.32 Å². The molecule has 144 valence electrons. The van der Waals surface area contributed by atoms with E-state index in [9.17, 15) is 9.90 Å². The van der Waals surface area contributed by atoms with Gasteiger partial charge in [-0.3, -0.25) is 9.69 Å². The van der Waals surface area contributed by atoms with Gasteiger partial charge in [-0.2, -0.15) is 0 Å². The number of amides is 1. The molecule has 2 aliphatic heterocycles. The number of phenolic OH excluding ortho intramolecular Hbond substituents is 1. The molecule has 0 bridgehead atoms. The van der Waals surface area contributed by atoms with Gasteiger partial charge in [0, 0.05) is 13.1 Å². The smallest absolute Gasteiger partial charge is 0.237 e. The molecule has 2 N–H and O–H groups in total. The molecule has 0 aromatic heterocycles. The van der Waals surface area contributed by atoms with E-state index in [2.05, 4.69) is 29.1 Å². The van der Waals surface area contributed by atoms with Crippen LogP contribution in [0.1, 0.15) is 38.2 Å². The quantitative estimate of drug-likeness (QED) is 0.818. The standard InChI is InChI=1S/C21H33N3O2/c1-3-12-24-16-21(9-13-23(2)14-10-21)15-19(24)20(26)22-11-8-17-4-6-18(25)7-5-17/h4-7,19,25H,3,8-16H2,1-2H3,(H,22,26)/t19-/m1/s1. The number of likely N-dealkylation sites (tertiary alicyclic amines) is 2. The van der Waals surface area contributed by atoms with Crippen LogP contribution in [-0.2, 0) is 11.2 Å². The third-order valence-electron chi connectivity index (χ3n) is 6.12. The zero-order valence-corrected chi connectivity index (χ0v) is 16.2. The van der Waals surface area contributed by atoms with Gasteiger partial charge in [0.2, 0.25) is 5.91 Å². The summed E-state index contributed by atoms with van der Waals surface area (Å²) >= 11 is 0. The van der Waals surface area contributed by atoms with Crippen LogP contribution in [0.4, 0.5) is 0 Å². The minimum absolute atomic E-state index is 0.0261. The van der Waals surface area contributed by atoms with Crippen molar-refractivity contribution in [3.8, 4) is 5.75 Å². The summed E-state index contributed by atoms with van der Waals surface area (Å²) in [6.45, 7) is 7.22. The maximum atomic E-state index is 12.9. The Balaban J connectivity index is 1.55. The van der Waals surface area contributed by atoms with E-state index in [1.807, 2.05) is 12.1 Å². The summed E-state index contributed by atoms with van der Waals surface area (Å²) in [6.07, 6.45) is 5.31. The maximum Gasteiger partial charge on any atom is 0.237 e. The topological polar surface area (TPSA) is 55.8 Å². The predicted molar refractivity (Wildman–Crippen MR) is 104 cm³/mol. The van der Waals surface area contributed by atoms with Crippen LogP contribution in [0.5, 0.6) is 5.75 Å². The molecular formula is C21H33N3O2. The van der Waals surface area contributed by atoms with Crippen LogP contribution in [0.3, 0.4) is 0 Å². The zero-order valence-electron chi connectivity index (χ0n) is 16.2. The molecule has 0 radical (unpaired) electrons. The fourth-order valence-corrected chi connectivity index (χ4v) is 4.49. The first-order valence-electron chi connectivity index (χ1n) is 9.99. The lowest BCUT2D eigenvalue weighted by molar-refractivity contribution is -0.125. The molecule has 0 saturated carbocycles. The van der Waals surface area contributed by atoms with Gasteiger partial charge in [-0.15, -0.1) is 0 Å². The monoisotopic (exact) mass is 359 g/mol. The number of nitrogens with one attached hydrogen (secondary N) is 1. The number of carbonyl (C=O) groups excluding carboxylic acids is 1. The van der Waals surface area contributed by atoms with E-state index in [0.717, 1.165) is 51.0 Å². The fourth-order valence-electron chi connectivity index (χ4n) is 4.49. The minimum atomic E-state index is 0.0261. The highest BCUT2D eigenvalue weighted by Crippen LogP contribution is 2.43. The van der Waals surface area contributed by atoms with E-state index >= 15 is 0 Å². The molecule has 0 aliphatic carbocycles. The molecule has 26 heavy (non-hydrogen) atoms. The summed E-state index contributed by atoms with van der Waals surface area (Å²) < 4.78 is 0. The lowest BCUT2D eigenvalue weighted by Crippen LogP contribution is -2.44. The van der Waals surface area contributed by atoms with Gasteiger partial charge in [0.15, 0.2) is 0 Å². The Morgan fingerprint density at radius 3 is 2.62 bits per heavy atom. The molecule has 5 nitrogen and oxygen atoms in total. The van der Waals surface area contributed by atoms with Gasteiger partial charge in [-0.1, -0.05) is 19.1 Å². The van der Waals surface area contributed by atoms with Crippen LogP contribution in [0.15, 0.2) is 24.3 Å². The first-order chi connectivity index (χ1) is 12.5. The second-order valence-corrected chi connectivity index (χ2v) is 8.20. The van der Waals surface area contributed by atoms with Gasteiger partial charge in [-0.05, 0) is 81.9 Å². The van der Waals surface area contributed by atoms with Crippen LogP contribution in [0.2, 0.25) is 0 Å². The highest BCUT2D eigenvalue weighted by Gasteiger charge is 2.47. The first-order valence-corrected chi connectivity index (χ1v) is 9.99. The molecule has 3 rings (SSSR count). The molecule has 2 saturated heterocycles. The van der Waals surface area contributed by atoms with Gasteiger partial charge in [0.1, 0.15) is 5.75 Å². The molecule has 1 atom stereocenters. The summed E-state index contributed by atoms with van der Waals surface area (Å²) in [5.74, 6) is 0.468. The molecule has 2 aliphatic rings. The summed E-state index contributed by atoms with van der Waals surface area (Å²) in [6, 6.07) is 7.24. The van der Waals surface area contributed by atoms with Gasteiger partial charge in [0.05, 0.1) is 6.04 Å². The van der Waals surface area contributed by atoms with Crippen molar-refractivity contribution in [2.24, 2.45) is 5.41 Å². The van der Waals surface area contributed by atoms with Crippen molar-refractivity contribution in [1.82, 2.24) is 15.1 Å². The van der Waals surface area contributed by atoms with Crippen molar-refractivity contribution in [2.45, 2.75) is 45.1 Å². The average Bonchev–Trinajstić information content (AvgIpc) is 2.98. The summed E-state index contributed by atoms with van der Waals surface area (Å²) in [5, 5.41) is 12.5. The first kappa shape index (κ1) is 19.2. The van der Waals surface area contributed by atoms with Crippen molar-refractivity contribution >= 4 is 5.91 Å². The Morgan fingerprint density at radius 1 is 1.27 bits per heavy atom. The van der Waals surface area contributed by atoms with Gasteiger partial charge >= 0.3 is 0 Å². The van der Waals surface area contributed by atoms with Crippen LogP contribution >= 0.6 is 0 Å². The Labute approximate surface area is 157 Å². The highest BCUT2D eigenvalue weighted by molar-refractivity contribution is 5.82. The van der Waals surface area contributed by atoms with E-state index < -0.39 is 0 Å². The van der Waals surface area contributed by atoms with E-state index in [-0.39, 0.29) is 17.7 Å². The van der Waals surface area contributed by atoms with Gasteiger partial charge in [-0.25, -0.2) is 0 Å². The summed E-state index contributed by atoms with van der Waals surface area (Å²) in [7, 11) is 2.19. The van der Waals surface area contributed by atoms with E-state index in [1.165, 1.54) is 12.8 Å². The molecule has 5 heteroatoms. The zero-order chi connectivity index (χ0) is 18.6. The largest absolute Gasteiger partial charge is 0.508 e. The Morgan fingerprint density at radius 2 is 1.96 bits per heavy atom. The maximum absolute atomic E-state index is 12.9. The average molecular weight is 360 g/mol. The number of nitrogens with zero attached hydrogens (tertiary/aromatic N) is 2. The SMILES string of the molecule is CCCN1CC2(CCN(C)CC2)C[C@@H]1C(=O)NCCc1ccc(O)cc1. The summed E-state index contributed by atoms with van der Waals surface area (Å²) in [5.41, 5.74) is 1.47. The Hall–Kier alpha value is -1.59. The molecule has 2 fully saturated rings. The van der Waals surface area contributed by atoms with Gasteiger partial charge in [0.25, 0.3) is 0 Å². The van der Waals surface area contributed by atoms with Crippen LogP contribution in [0.25, 0.3) is 0 Å². The molecule has 1 amide bonds. The van der Waals surface area contributed by atoms with Crippen molar-refractivity contribution in [1.29, 1.82) is 0 Å². The number of aromatic hydroxyl groups is 1. The molecule has 1 aromatic rings. The predicted octanol–water partition coefficient (Wildman–Crippen LogP) is 2.25. The van der Waals surface area contributed by atoms with Crippen LogP contribution in [-0.4, -0.2) is 66.6 Å². The summed E-state index contributed by atoms with van der Waals surface area (Å²) in [4.78, 5) is 17.7. The third kappa shape index (κ3) is 4.57. The Kier molecular flexibility index (Phi) is 6.20. The second kappa shape index (κ2) is 8.40. The second-order valence-electron chi connectivity index (χ2n) is 8.20.